The fourth-order valence-electron chi connectivity index (χ4n) is 7.17. The number of esters is 3. The van der Waals surface area contributed by atoms with Crippen LogP contribution in [0.1, 0.15) is 43.7 Å². The number of fused-ring (bicyclic) bond motifs is 1. The van der Waals surface area contributed by atoms with Gasteiger partial charge in [-0.3, -0.25) is 19.0 Å². The quantitative estimate of drug-likeness (QED) is 0.0669. The second-order valence-electron chi connectivity index (χ2n) is 14.2. The molecule has 0 saturated carbocycles. The number of benzene rings is 3. The van der Waals surface area contributed by atoms with E-state index in [1.165, 1.54) is 33.4 Å². The van der Waals surface area contributed by atoms with E-state index in [1.54, 1.807) is 4.57 Å². The number of carbonyl (C=O) groups excluding carboxylic acids is 3. The van der Waals surface area contributed by atoms with Gasteiger partial charge in [-0.05, 0) is 16.7 Å². The molecule has 2 aliphatic rings. The van der Waals surface area contributed by atoms with Crippen LogP contribution in [0.25, 0.3) is 11.2 Å². The smallest absolute Gasteiger partial charge is 0.303 e. The maximum Gasteiger partial charge on any atom is 0.303 e. The lowest BCUT2D eigenvalue weighted by atomic mass is 9.97. The van der Waals surface area contributed by atoms with Crippen LogP contribution in [0.3, 0.4) is 0 Å². The third kappa shape index (κ3) is 10.7. The van der Waals surface area contributed by atoms with Crippen molar-refractivity contribution in [2.24, 2.45) is 0 Å². The Morgan fingerprint density at radius 3 is 1.70 bits per heavy atom. The zero-order valence-corrected chi connectivity index (χ0v) is 33.9. The monoisotopic (exact) mass is 844 g/mol. The van der Waals surface area contributed by atoms with Gasteiger partial charge in [-0.15, -0.1) is 0 Å². The fraction of sp³-hybridized carbons (Fsp3) is 0.395. The highest BCUT2D eigenvalue weighted by Crippen LogP contribution is 2.39. The minimum atomic E-state index is -1.37. The van der Waals surface area contributed by atoms with Crippen molar-refractivity contribution in [1.29, 1.82) is 0 Å². The number of imidazole rings is 1. The molecule has 0 bridgehead atoms. The van der Waals surface area contributed by atoms with E-state index in [0.29, 0.717) is 11.2 Å². The molecule has 4 heterocycles. The van der Waals surface area contributed by atoms with Crippen molar-refractivity contribution in [1.82, 2.24) is 19.5 Å². The average molecular weight is 845 g/mol. The van der Waals surface area contributed by atoms with Gasteiger partial charge in [0.2, 0.25) is 0 Å². The molecule has 60 heavy (non-hydrogen) atoms. The number of aromatic nitrogens is 4. The Kier molecular flexibility index (Phi) is 14.5. The van der Waals surface area contributed by atoms with Crippen molar-refractivity contribution in [2.45, 2.75) is 95.8 Å². The van der Waals surface area contributed by atoms with E-state index in [9.17, 15) is 14.4 Å². The van der Waals surface area contributed by atoms with Crippen LogP contribution in [0.2, 0.25) is 5.15 Å². The number of ether oxygens (including phenoxy) is 9. The number of nitrogens with zero attached hydrogens (tertiary/aromatic N) is 4. The molecule has 2 saturated heterocycles. The minimum Gasteiger partial charge on any atom is -0.456 e. The SMILES string of the molecule is CC(=O)O[C@@H]1[C@@H](OCc2ccccc2)[C@@H](O[C@H]2[C@@H](OC(C)=O)[C@H](n3cnc4c(Cl)ncnc43)O[C@@H]2COCc2ccccc2)O[C@H](COCc2ccccc2)[C@H]1OC(C)=O. The summed E-state index contributed by atoms with van der Waals surface area (Å²) in [7, 11) is 0. The molecular weight excluding hydrogens is 800 g/mol. The van der Waals surface area contributed by atoms with Gasteiger partial charge in [-0.1, -0.05) is 103 Å². The van der Waals surface area contributed by atoms with Crippen molar-refractivity contribution >= 4 is 40.7 Å². The Morgan fingerprint density at radius 1 is 0.617 bits per heavy atom. The van der Waals surface area contributed by atoms with E-state index in [2.05, 4.69) is 15.0 Å². The highest BCUT2D eigenvalue weighted by Gasteiger charge is 2.56. The first-order valence-electron chi connectivity index (χ1n) is 19.3. The largest absolute Gasteiger partial charge is 0.456 e. The van der Waals surface area contributed by atoms with Crippen LogP contribution >= 0.6 is 11.6 Å². The van der Waals surface area contributed by atoms with E-state index in [-0.39, 0.29) is 38.2 Å². The molecule has 0 radical (unpaired) electrons. The Balaban J connectivity index is 1.26. The summed E-state index contributed by atoms with van der Waals surface area (Å²) in [5.41, 5.74) is 3.21. The molecule has 5 aromatic rings. The number of rotatable bonds is 17. The Morgan fingerprint density at radius 2 is 1.13 bits per heavy atom. The van der Waals surface area contributed by atoms with Crippen LogP contribution in [-0.4, -0.2) is 99.7 Å². The summed E-state index contributed by atoms with van der Waals surface area (Å²) in [5, 5.41) is 0.115. The van der Waals surface area contributed by atoms with Gasteiger partial charge in [0.05, 0.1) is 39.4 Å². The predicted molar refractivity (Wildman–Crippen MR) is 212 cm³/mol. The van der Waals surface area contributed by atoms with Crippen molar-refractivity contribution in [2.75, 3.05) is 13.2 Å². The summed E-state index contributed by atoms with van der Waals surface area (Å²) < 4.78 is 58.4. The molecule has 2 aromatic heterocycles. The average Bonchev–Trinajstić information content (AvgIpc) is 3.81. The molecular formula is C43H45ClN4O12. The molecule has 9 atom stereocenters. The Hall–Kier alpha value is -5.33. The molecule has 3 aromatic carbocycles. The van der Waals surface area contributed by atoms with E-state index in [1.807, 2.05) is 91.0 Å². The van der Waals surface area contributed by atoms with E-state index in [4.69, 9.17) is 54.2 Å². The Bertz CT molecular complexity index is 2180. The van der Waals surface area contributed by atoms with Gasteiger partial charge in [-0.2, -0.15) is 0 Å². The molecule has 16 nitrogen and oxygen atoms in total. The van der Waals surface area contributed by atoms with Crippen molar-refractivity contribution in [3.8, 4) is 0 Å². The zero-order valence-electron chi connectivity index (χ0n) is 33.1. The van der Waals surface area contributed by atoms with Gasteiger partial charge in [0, 0.05) is 20.8 Å². The summed E-state index contributed by atoms with van der Waals surface area (Å²) in [6.07, 6.45) is -7.58. The zero-order chi connectivity index (χ0) is 42.0. The first kappa shape index (κ1) is 42.8. The van der Waals surface area contributed by atoms with Gasteiger partial charge < -0.3 is 42.6 Å². The van der Waals surface area contributed by atoms with Gasteiger partial charge in [0.15, 0.2) is 41.6 Å². The third-order valence-corrected chi connectivity index (χ3v) is 10.0. The maximum atomic E-state index is 12.9. The highest BCUT2D eigenvalue weighted by atomic mass is 35.5. The van der Waals surface area contributed by atoms with E-state index >= 15 is 0 Å². The summed E-state index contributed by atoms with van der Waals surface area (Å²) in [5.74, 6) is -1.95. The van der Waals surface area contributed by atoms with Gasteiger partial charge in [0.1, 0.15) is 36.3 Å². The standard InChI is InChI=1S/C43H45ClN4O12/c1-26(49)55-35-33(23-53-20-30-15-9-5-10-16-30)59-43(39(37(35)56-27(2)50)54-21-31-17-11-6-12-18-31)60-36-32(22-52-19-29-13-7-4-8-14-29)58-42(38(36)57-28(3)51)48-25-47-34-40(44)45-24-46-41(34)48/h4-18,24-25,32-33,35-39,42-43H,19-23H2,1-3H3/t32-,33-,35-,36-,37+,38-,39-,42-,43-/m1/s1. The van der Waals surface area contributed by atoms with Crippen LogP contribution in [0.5, 0.6) is 0 Å². The van der Waals surface area contributed by atoms with Gasteiger partial charge >= 0.3 is 17.9 Å². The second kappa shape index (κ2) is 20.3. The molecule has 2 fully saturated rings. The molecule has 0 unspecified atom stereocenters. The maximum absolute atomic E-state index is 12.9. The van der Waals surface area contributed by atoms with Crippen molar-refractivity contribution in [3.63, 3.8) is 0 Å². The van der Waals surface area contributed by atoms with Gasteiger partial charge in [0.25, 0.3) is 0 Å². The van der Waals surface area contributed by atoms with Crippen molar-refractivity contribution < 1.29 is 57.0 Å². The molecule has 0 aliphatic carbocycles. The first-order valence-corrected chi connectivity index (χ1v) is 19.7. The highest BCUT2D eigenvalue weighted by molar-refractivity contribution is 6.33. The number of hydrogen-bond acceptors (Lipinski definition) is 15. The number of hydrogen-bond donors (Lipinski definition) is 0. The van der Waals surface area contributed by atoms with E-state index in [0.717, 1.165) is 16.7 Å². The topological polar surface area (TPSA) is 178 Å². The second-order valence-corrected chi connectivity index (χ2v) is 14.5. The molecule has 7 rings (SSSR count). The lowest BCUT2D eigenvalue weighted by Gasteiger charge is -2.45. The Labute approximate surface area is 350 Å². The summed E-state index contributed by atoms with van der Waals surface area (Å²) in [6.45, 7) is 4.05. The molecule has 316 valence electrons. The first-order chi connectivity index (χ1) is 29.1. The minimum absolute atomic E-state index is 0.0245. The fourth-order valence-corrected chi connectivity index (χ4v) is 7.35. The van der Waals surface area contributed by atoms with Crippen molar-refractivity contribution in [3.05, 3.63) is 125 Å². The lowest BCUT2D eigenvalue weighted by molar-refractivity contribution is -0.331. The normalized spacial score (nSPS) is 25.2. The molecule has 0 N–H and O–H groups in total. The van der Waals surface area contributed by atoms with Crippen LogP contribution in [0, 0.1) is 0 Å². The molecule has 17 heteroatoms. The van der Waals surface area contributed by atoms with E-state index < -0.39 is 73.2 Å². The third-order valence-electron chi connectivity index (χ3n) is 9.73. The van der Waals surface area contributed by atoms with Crippen LogP contribution < -0.4 is 0 Å². The van der Waals surface area contributed by atoms with Crippen LogP contribution in [0.15, 0.2) is 104 Å². The lowest BCUT2D eigenvalue weighted by Crippen LogP contribution is -2.63. The molecule has 0 spiro atoms. The summed E-state index contributed by atoms with van der Waals surface area (Å²) in [6, 6.07) is 28.3. The predicted octanol–water partition coefficient (Wildman–Crippen LogP) is 5.30. The van der Waals surface area contributed by atoms with Crippen LogP contribution in [0.4, 0.5) is 0 Å². The molecule has 2 aliphatic heterocycles. The summed E-state index contributed by atoms with van der Waals surface area (Å²) in [4.78, 5) is 51.2. The summed E-state index contributed by atoms with van der Waals surface area (Å²) >= 11 is 6.37. The number of carbonyl (C=O) groups is 3. The molecule has 0 amide bonds. The number of halogens is 1. The van der Waals surface area contributed by atoms with Gasteiger partial charge in [-0.25, -0.2) is 15.0 Å². The van der Waals surface area contributed by atoms with Crippen LogP contribution in [-0.2, 0) is 76.8 Å².